The van der Waals surface area contributed by atoms with E-state index in [0.717, 1.165) is 0 Å². The summed E-state index contributed by atoms with van der Waals surface area (Å²) in [5, 5.41) is 7.08. The number of carbonyl (C=O) groups is 1. The predicted octanol–water partition coefficient (Wildman–Crippen LogP) is 4.53. The van der Waals surface area contributed by atoms with E-state index < -0.39 is 11.7 Å². The molecule has 7 heteroatoms. The topological polar surface area (TPSA) is 69.3 Å². The first kappa shape index (κ1) is 17.5. The van der Waals surface area contributed by atoms with Gasteiger partial charge in [0.05, 0.1) is 24.7 Å². The van der Waals surface area contributed by atoms with E-state index in [0.29, 0.717) is 22.9 Å². The molecule has 2 aromatic heterocycles. The fourth-order valence-corrected chi connectivity index (χ4v) is 2.76. The van der Waals surface area contributed by atoms with E-state index in [9.17, 15) is 9.18 Å². The third kappa shape index (κ3) is 3.37. The number of aromatic nitrogens is 2. The van der Waals surface area contributed by atoms with E-state index in [2.05, 4.69) is 10.4 Å². The Hall–Kier alpha value is -3.87. The smallest absolute Gasteiger partial charge is 0.274 e. The number of furan rings is 1. The van der Waals surface area contributed by atoms with E-state index >= 15 is 0 Å². The highest BCUT2D eigenvalue weighted by Gasteiger charge is 2.20. The zero-order valence-corrected chi connectivity index (χ0v) is 14.9. The maximum Gasteiger partial charge on any atom is 0.274 e. The molecule has 0 aliphatic carbocycles. The number of hydrogen-bond acceptors (Lipinski definition) is 4. The number of nitrogens with zero attached hydrogens (tertiary/aromatic N) is 2. The van der Waals surface area contributed by atoms with E-state index in [-0.39, 0.29) is 11.4 Å². The zero-order chi connectivity index (χ0) is 19.5. The number of methoxy groups -OCH3 is 1. The number of anilines is 1. The molecule has 0 fully saturated rings. The Balaban J connectivity index is 1.75. The largest absolute Gasteiger partial charge is 0.497 e. The Morgan fingerprint density at radius 3 is 2.57 bits per heavy atom. The lowest BCUT2D eigenvalue weighted by molar-refractivity contribution is 0.101. The van der Waals surface area contributed by atoms with Crippen LogP contribution in [0.25, 0.3) is 17.1 Å². The maximum atomic E-state index is 13.9. The summed E-state index contributed by atoms with van der Waals surface area (Å²) in [6, 6.07) is 18.1. The molecule has 6 nitrogen and oxygen atoms in total. The van der Waals surface area contributed by atoms with Crippen LogP contribution < -0.4 is 10.1 Å². The molecular weight excluding hydrogens is 361 g/mol. The number of rotatable bonds is 5. The summed E-state index contributed by atoms with van der Waals surface area (Å²) in [7, 11) is 1.57. The predicted molar refractivity (Wildman–Crippen MR) is 102 cm³/mol. The van der Waals surface area contributed by atoms with Crippen LogP contribution in [0.4, 0.5) is 10.1 Å². The average molecular weight is 377 g/mol. The fourth-order valence-electron chi connectivity index (χ4n) is 2.76. The van der Waals surface area contributed by atoms with Gasteiger partial charge in [-0.15, -0.1) is 0 Å². The molecule has 4 aromatic rings. The van der Waals surface area contributed by atoms with Gasteiger partial charge >= 0.3 is 0 Å². The molecule has 28 heavy (non-hydrogen) atoms. The summed E-state index contributed by atoms with van der Waals surface area (Å²) in [6.07, 6.45) is 1.53. The Kier molecular flexibility index (Phi) is 4.63. The van der Waals surface area contributed by atoms with Crippen molar-refractivity contribution in [1.29, 1.82) is 0 Å². The van der Waals surface area contributed by atoms with Crippen molar-refractivity contribution in [3.05, 3.63) is 84.5 Å². The monoisotopic (exact) mass is 377 g/mol. The number of carbonyl (C=O) groups excluding carboxylic acids is 1. The number of hydrogen-bond donors (Lipinski definition) is 1. The Morgan fingerprint density at radius 1 is 1.11 bits per heavy atom. The minimum Gasteiger partial charge on any atom is -0.497 e. The molecule has 1 amide bonds. The molecule has 0 saturated heterocycles. The number of nitrogens with one attached hydrogen (secondary N) is 1. The molecule has 2 heterocycles. The number of amides is 1. The second-order valence-corrected chi connectivity index (χ2v) is 5.94. The van der Waals surface area contributed by atoms with Crippen LogP contribution >= 0.6 is 0 Å². The summed E-state index contributed by atoms with van der Waals surface area (Å²) < 4.78 is 26.0. The molecule has 4 rings (SSSR count). The standard InChI is InChI=1S/C21H16FN3O3/c1-27-15-10-8-14(9-11-15)25-19(13-18(24-25)20-7-4-12-28-20)21(26)23-17-6-3-2-5-16(17)22/h2-13H,1H3,(H,23,26). The number of benzene rings is 2. The SMILES string of the molecule is COc1ccc(-n2nc(-c3ccco3)cc2C(=O)Nc2ccccc2F)cc1. The van der Waals surface area contributed by atoms with Gasteiger partial charge in [-0.25, -0.2) is 9.07 Å². The van der Waals surface area contributed by atoms with E-state index in [1.165, 1.54) is 23.1 Å². The minimum absolute atomic E-state index is 0.0922. The van der Waals surface area contributed by atoms with Crippen molar-refractivity contribution in [1.82, 2.24) is 9.78 Å². The first-order valence-corrected chi connectivity index (χ1v) is 8.50. The van der Waals surface area contributed by atoms with E-state index in [1.807, 2.05) is 0 Å². The molecule has 0 bridgehead atoms. The van der Waals surface area contributed by atoms with Crippen molar-refractivity contribution in [2.24, 2.45) is 0 Å². The van der Waals surface area contributed by atoms with Crippen LogP contribution in [0.3, 0.4) is 0 Å². The molecule has 0 aliphatic rings. The third-order valence-corrected chi connectivity index (χ3v) is 4.15. The molecule has 1 N–H and O–H groups in total. The van der Waals surface area contributed by atoms with E-state index in [1.54, 1.807) is 61.7 Å². The highest BCUT2D eigenvalue weighted by Crippen LogP contribution is 2.24. The lowest BCUT2D eigenvalue weighted by Crippen LogP contribution is -2.17. The van der Waals surface area contributed by atoms with Crippen LogP contribution in [-0.2, 0) is 0 Å². The van der Waals surface area contributed by atoms with Gasteiger partial charge in [0.2, 0.25) is 0 Å². The Bertz CT molecular complexity index is 1100. The van der Waals surface area contributed by atoms with Gasteiger partial charge < -0.3 is 14.5 Å². The van der Waals surface area contributed by atoms with Crippen LogP contribution in [-0.4, -0.2) is 22.8 Å². The quantitative estimate of drug-likeness (QED) is 0.555. The number of para-hydroxylation sites is 1. The van der Waals surface area contributed by atoms with Gasteiger partial charge in [0, 0.05) is 6.07 Å². The van der Waals surface area contributed by atoms with Gasteiger partial charge in [-0.05, 0) is 48.5 Å². The molecule has 0 unspecified atom stereocenters. The second-order valence-electron chi connectivity index (χ2n) is 5.94. The summed E-state index contributed by atoms with van der Waals surface area (Å²) in [4.78, 5) is 12.9. The van der Waals surface area contributed by atoms with Gasteiger partial charge in [-0.3, -0.25) is 4.79 Å². The highest BCUT2D eigenvalue weighted by molar-refractivity contribution is 6.04. The van der Waals surface area contributed by atoms with Gasteiger partial charge in [0.15, 0.2) is 5.76 Å². The van der Waals surface area contributed by atoms with Crippen molar-refractivity contribution in [3.8, 4) is 22.9 Å². The average Bonchev–Trinajstić information content (AvgIpc) is 3.39. The Morgan fingerprint density at radius 2 is 1.89 bits per heavy atom. The second kappa shape index (κ2) is 7.40. The normalized spacial score (nSPS) is 10.6. The molecule has 140 valence electrons. The summed E-state index contributed by atoms with van der Waals surface area (Å²) in [6.45, 7) is 0. The molecular formula is C21H16FN3O3. The fraction of sp³-hybridized carbons (Fsp3) is 0.0476. The van der Waals surface area contributed by atoms with Gasteiger partial charge in [-0.2, -0.15) is 5.10 Å². The summed E-state index contributed by atoms with van der Waals surface area (Å²) in [5.41, 5.74) is 1.46. The molecule has 0 spiro atoms. The van der Waals surface area contributed by atoms with E-state index in [4.69, 9.17) is 9.15 Å². The van der Waals surface area contributed by atoms with Crippen molar-refractivity contribution in [2.45, 2.75) is 0 Å². The van der Waals surface area contributed by atoms with Crippen molar-refractivity contribution < 1.29 is 18.3 Å². The van der Waals surface area contributed by atoms with Crippen LogP contribution in [0.1, 0.15) is 10.5 Å². The first-order valence-electron chi connectivity index (χ1n) is 8.50. The van der Waals surface area contributed by atoms with Crippen LogP contribution in [0.5, 0.6) is 5.75 Å². The van der Waals surface area contributed by atoms with Crippen molar-refractivity contribution >= 4 is 11.6 Å². The first-order chi connectivity index (χ1) is 13.7. The number of ether oxygens (including phenoxy) is 1. The van der Waals surface area contributed by atoms with Crippen molar-refractivity contribution in [2.75, 3.05) is 12.4 Å². The molecule has 2 aromatic carbocycles. The van der Waals surface area contributed by atoms with Crippen molar-refractivity contribution in [3.63, 3.8) is 0 Å². The van der Waals surface area contributed by atoms with Crippen LogP contribution in [0.15, 0.2) is 77.4 Å². The summed E-state index contributed by atoms with van der Waals surface area (Å²) in [5.74, 6) is 0.190. The number of halogens is 1. The Labute approximate surface area is 160 Å². The molecule has 0 radical (unpaired) electrons. The lowest BCUT2D eigenvalue weighted by Gasteiger charge is -2.09. The molecule has 0 saturated carbocycles. The van der Waals surface area contributed by atoms with Crippen LogP contribution in [0.2, 0.25) is 0 Å². The maximum absolute atomic E-state index is 13.9. The zero-order valence-electron chi connectivity index (χ0n) is 14.9. The summed E-state index contributed by atoms with van der Waals surface area (Å²) >= 11 is 0. The molecule has 0 aliphatic heterocycles. The van der Waals surface area contributed by atoms with Gasteiger partial charge in [0.1, 0.15) is 23.0 Å². The third-order valence-electron chi connectivity index (χ3n) is 4.15. The van der Waals surface area contributed by atoms with Crippen LogP contribution in [0, 0.1) is 5.82 Å². The van der Waals surface area contributed by atoms with Gasteiger partial charge in [0.25, 0.3) is 5.91 Å². The molecule has 0 atom stereocenters. The highest BCUT2D eigenvalue weighted by atomic mass is 19.1. The minimum atomic E-state index is -0.516. The van der Waals surface area contributed by atoms with Gasteiger partial charge in [-0.1, -0.05) is 12.1 Å². The lowest BCUT2D eigenvalue weighted by atomic mass is 10.2.